The molecule has 0 bridgehead atoms. The predicted octanol–water partition coefficient (Wildman–Crippen LogP) is 3.06. The quantitative estimate of drug-likeness (QED) is 0.552. The van der Waals surface area contributed by atoms with Crippen molar-refractivity contribution < 1.29 is 23.8 Å². The fraction of sp³-hybridized carbons (Fsp3) is 0.364. The highest BCUT2D eigenvalue weighted by Crippen LogP contribution is 2.31. The molecule has 1 N–H and O–H groups in total. The van der Waals surface area contributed by atoms with Gasteiger partial charge in [0.05, 0.1) is 45.6 Å². The molecule has 2 heterocycles. The number of methoxy groups -OCH3 is 3. The summed E-state index contributed by atoms with van der Waals surface area (Å²) >= 11 is 0. The van der Waals surface area contributed by atoms with Crippen LogP contribution in [0.25, 0.3) is 11.0 Å². The Morgan fingerprint density at radius 3 is 2.45 bits per heavy atom. The highest BCUT2D eigenvalue weighted by Gasteiger charge is 2.22. The molecule has 9 nitrogen and oxygen atoms in total. The lowest BCUT2D eigenvalue weighted by Gasteiger charge is -2.20. The van der Waals surface area contributed by atoms with E-state index in [1.54, 1.807) is 35.1 Å². The third kappa shape index (κ3) is 4.76. The molecule has 31 heavy (non-hydrogen) atoms. The Kier molecular flexibility index (Phi) is 6.74. The number of hydrogen-bond donors (Lipinski definition) is 1. The van der Waals surface area contributed by atoms with Gasteiger partial charge in [0.15, 0.2) is 17.1 Å². The van der Waals surface area contributed by atoms with Crippen molar-refractivity contribution in [1.82, 2.24) is 20.1 Å². The number of amides is 1. The van der Waals surface area contributed by atoms with Crippen molar-refractivity contribution in [2.24, 2.45) is 0 Å². The van der Waals surface area contributed by atoms with Crippen LogP contribution < -0.4 is 14.8 Å². The van der Waals surface area contributed by atoms with Crippen LogP contribution in [0.15, 0.2) is 36.7 Å². The Morgan fingerprint density at radius 2 is 1.81 bits per heavy atom. The van der Waals surface area contributed by atoms with Crippen LogP contribution in [-0.4, -0.2) is 48.0 Å². The minimum absolute atomic E-state index is 0.0430. The van der Waals surface area contributed by atoms with E-state index in [-0.39, 0.29) is 18.4 Å². The van der Waals surface area contributed by atoms with Crippen molar-refractivity contribution in [3.8, 4) is 11.5 Å². The molecule has 2 aromatic heterocycles. The lowest BCUT2D eigenvalue weighted by atomic mass is 10.0. The number of rotatable bonds is 8. The van der Waals surface area contributed by atoms with Gasteiger partial charge in [-0.2, -0.15) is 5.10 Å². The molecule has 0 aliphatic heterocycles. The zero-order valence-corrected chi connectivity index (χ0v) is 18.2. The van der Waals surface area contributed by atoms with E-state index in [1.165, 1.54) is 27.5 Å². The van der Waals surface area contributed by atoms with Crippen LogP contribution in [0.1, 0.15) is 48.3 Å². The summed E-state index contributed by atoms with van der Waals surface area (Å²) in [4.78, 5) is 29.4. The smallest absolute Gasteiger partial charge is 0.307 e. The van der Waals surface area contributed by atoms with E-state index in [2.05, 4.69) is 15.4 Å². The number of nitrogens with zero attached hydrogens (tertiary/aromatic N) is 3. The van der Waals surface area contributed by atoms with Crippen LogP contribution in [0.5, 0.6) is 11.5 Å². The molecule has 164 valence electrons. The average Bonchev–Trinajstić information content (AvgIpc) is 3.21. The second kappa shape index (κ2) is 9.46. The number of nitrogens with one attached hydrogen (secondary N) is 1. The fourth-order valence-corrected chi connectivity index (χ4v) is 3.26. The molecule has 1 aromatic carbocycles. The number of fused-ring (bicyclic) bond motifs is 1. The normalized spacial score (nSPS) is 11.9. The SMILES string of the molecule is COC(=O)CC(NC(=O)c1cnc2c(cnn2C(C)C)c1)c1ccc(OC)c(OC)c1. The zero-order chi connectivity index (χ0) is 22.5. The molecular formula is C22H26N4O5. The van der Waals surface area contributed by atoms with Gasteiger partial charge in [0.1, 0.15) is 0 Å². The summed E-state index contributed by atoms with van der Waals surface area (Å²) in [5, 5.41) is 7.98. The number of pyridine rings is 1. The highest BCUT2D eigenvalue weighted by atomic mass is 16.5. The maximum absolute atomic E-state index is 13.0. The maximum atomic E-state index is 13.0. The van der Waals surface area contributed by atoms with Crippen molar-refractivity contribution in [3.63, 3.8) is 0 Å². The van der Waals surface area contributed by atoms with Crippen LogP contribution >= 0.6 is 0 Å². The number of esters is 1. The second-order valence-electron chi connectivity index (χ2n) is 7.24. The van der Waals surface area contributed by atoms with Gasteiger partial charge in [0.2, 0.25) is 0 Å². The predicted molar refractivity (Wildman–Crippen MR) is 114 cm³/mol. The fourth-order valence-electron chi connectivity index (χ4n) is 3.26. The van der Waals surface area contributed by atoms with Gasteiger partial charge in [-0.15, -0.1) is 0 Å². The minimum atomic E-state index is -0.631. The Bertz CT molecular complexity index is 1090. The molecule has 3 rings (SSSR count). The first-order valence-corrected chi connectivity index (χ1v) is 9.80. The zero-order valence-electron chi connectivity index (χ0n) is 18.2. The molecule has 3 aromatic rings. The van der Waals surface area contributed by atoms with Crippen LogP contribution in [0.2, 0.25) is 0 Å². The van der Waals surface area contributed by atoms with E-state index >= 15 is 0 Å². The topological polar surface area (TPSA) is 105 Å². The highest BCUT2D eigenvalue weighted by molar-refractivity contribution is 5.97. The summed E-state index contributed by atoms with van der Waals surface area (Å²) in [6, 6.07) is 6.46. The van der Waals surface area contributed by atoms with E-state index in [9.17, 15) is 9.59 Å². The summed E-state index contributed by atoms with van der Waals surface area (Å²) < 4.78 is 17.2. The molecule has 1 atom stereocenters. The molecule has 1 unspecified atom stereocenters. The molecule has 9 heteroatoms. The molecule has 0 spiro atoms. The average molecular weight is 426 g/mol. The monoisotopic (exact) mass is 426 g/mol. The number of hydrogen-bond acceptors (Lipinski definition) is 7. The number of aromatic nitrogens is 3. The Balaban J connectivity index is 1.89. The van der Waals surface area contributed by atoms with Gasteiger partial charge in [-0.1, -0.05) is 6.07 Å². The Morgan fingerprint density at radius 1 is 1.06 bits per heavy atom. The van der Waals surface area contributed by atoms with Crippen LogP contribution in [0, 0.1) is 0 Å². The van der Waals surface area contributed by atoms with E-state index in [4.69, 9.17) is 14.2 Å². The lowest BCUT2D eigenvalue weighted by molar-refractivity contribution is -0.141. The number of carbonyl (C=O) groups is 2. The largest absolute Gasteiger partial charge is 0.493 e. The minimum Gasteiger partial charge on any atom is -0.493 e. The molecule has 0 saturated carbocycles. The van der Waals surface area contributed by atoms with Gasteiger partial charge in [0.25, 0.3) is 5.91 Å². The Hall–Kier alpha value is -3.62. The molecule has 0 aliphatic rings. The molecular weight excluding hydrogens is 400 g/mol. The number of carbonyl (C=O) groups excluding carboxylic acids is 2. The van der Waals surface area contributed by atoms with Crippen molar-refractivity contribution in [3.05, 3.63) is 47.8 Å². The van der Waals surface area contributed by atoms with E-state index in [0.29, 0.717) is 28.3 Å². The summed E-state index contributed by atoms with van der Waals surface area (Å²) in [7, 11) is 4.36. The van der Waals surface area contributed by atoms with Gasteiger partial charge in [0, 0.05) is 17.6 Å². The summed E-state index contributed by atoms with van der Waals surface area (Å²) in [6.07, 6.45) is 3.14. The van der Waals surface area contributed by atoms with Crippen molar-refractivity contribution >= 4 is 22.9 Å². The number of benzene rings is 1. The maximum Gasteiger partial charge on any atom is 0.307 e. The van der Waals surface area contributed by atoms with Gasteiger partial charge in [-0.3, -0.25) is 9.59 Å². The van der Waals surface area contributed by atoms with Crippen molar-refractivity contribution in [1.29, 1.82) is 0 Å². The second-order valence-corrected chi connectivity index (χ2v) is 7.24. The van der Waals surface area contributed by atoms with E-state index in [0.717, 1.165) is 5.39 Å². The Labute approximate surface area is 180 Å². The molecule has 0 radical (unpaired) electrons. The first-order chi connectivity index (χ1) is 14.9. The lowest BCUT2D eigenvalue weighted by Crippen LogP contribution is -2.30. The summed E-state index contributed by atoms with van der Waals surface area (Å²) in [5.41, 5.74) is 1.75. The van der Waals surface area contributed by atoms with Crippen LogP contribution in [0.4, 0.5) is 0 Å². The molecule has 0 saturated heterocycles. The van der Waals surface area contributed by atoms with Crippen molar-refractivity contribution in [2.45, 2.75) is 32.4 Å². The molecule has 0 fully saturated rings. The van der Waals surface area contributed by atoms with E-state index < -0.39 is 12.0 Å². The number of ether oxygens (including phenoxy) is 3. The summed E-state index contributed by atoms with van der Waals surface area (Å²) in [6.45, 7) is 4.02. The third-order valence-electron chi connectivity index (χ3n) is 4.90. The van der Waals surface area contributed by atoms with Gasteiger partial charge >= 0.3 is 5.97 Å². The van der Waals surface area contributed by atoms with Gasteiger partial charge in [-0.25, -0.2) is 9.67 Å². The first-order valence-electron chi connectivity index (χ1n) is 9.80. The summed E-state index contributed by atoms with van der Waals surface area (Å²) in [5.74, 6) is 0.224. The molecule has 0 aliphatic carbocycles. The van der Waals surface area contributed by atoms with Crippen molar-refractivity contribution in [2.75, 3.05) is 21.3 Å². The van der Waals surface area contributed by atoms with E-state index in [1.807, 2.05) is 13.8 Å². The first kappa shape index (κ1) is 22.1. The molecule has 1 amide bonds. The standard InChI is InChI=1S/C22H26N4O5/c1-13(2)26-21-15(12-24-26)8-16(11-23-21)22(28)25-17(10-20(27)31-5)14-6-7-18(29-3)19(9-14)30-4/h6-9,11-13,17H,10H2,1-5H3,(H,25,28). The van der Waals surface area contributed by atoms with Gasteiger partial charge in [-0.05, 0) is 37.6 Å². The van der Waals surface area contributed by atoms with Crippen LogP contribution in [-0.2, 0) is 9.53 Å². The third-order valence-corrected chi connectivity index (χ3v) is 4.90. The van der Waals surface area contributed by atoms with Gasteiger partial charge < -0.3 is 19.5 Å². The van der Waals surface area contributed by atoms with Crippen LogP contribution in [0.3, 0.4) is 0 Å².